The first-order chi connectivity index (χ1) is 9.82. The quantitative estimate of drug-likeness (QED) is 0.779. The van der Waals surface area contributed by atoms with Crippen LogP contribution in [0, 0.1) is 0 Å². The molecule has 1 heterocycles. The lowest BCUT2D eigenvalue weighted by Gasteiger charge is -2.22. The number of hydrogen-bond donors (Lipinski definition) is 1. The number of anilines is 1. The van der Waals surface area contributed by atoms with E-state index in [2.05, 4.69) is 15.9 Å². The fourth-order valence-electron chi connectivity index (χ4n) is 2.59. The van der Waals surface area contributed by atoms with Crippen LogP contribution < -0.4 is 4.90 Å². The van der Waals surface area contributed by atoms with E-state index in [0.29, 0.717) is 29.0 Å². The molecule has 0 fully saturated rings. The maximum absolute atomic E-state index is 12.6. The Kier molecular flexibility index (Phi) is 4.98. The van der Waals surface area contributed by atoms with Crippen molar-refractivity contribution < 1.29 is 14.7 Å². The number of rotatable bonds is 5. The lowest BCUT2D eigenvalue weighted by atomic mass is 9.90. The van der Waals surface area contributed by atoms with Crippen molar-refractivity contribution in [3.63, 3.8) is 0 Å². The van der Waals surface area contributed by atoms with Gasteiger partial charge in [0, 0.05) is 28.9 Å². The van der Waals surface area contributed by atoms with Crippen LogP contribution in [0.2, 0.25) is 10.0 Å². The zero-order valence-electron chi connectivity index (χ0n) is 11.3. The van der Waals surface area contributed by atoms with Crippen molar-refractivity contribution in [3.05, 3.63) is 27.7 Å². The minimum Gasteiger partial charge on any atom is -0.375 e. The van der Waals surface area contributed by atoms with Crippen molar-refractivity contribution in [1.29, 1.82) is 0 Å². The molecule has 0 saturated carbocycles. The summed E-state index contributed by atoms with van der Waals surface area (Å²) in [7, 11) is 0. The molecule has 0 aliphatic carbocycles. The molecule has 1 amide bonds. The van der Waals surface area contributed by atoms with Gasteiger partial charge in [0.1, 0.15) is 5.78 Å². The van der Waals surface area contributed by atoms with Crippen LogP contribution in [0.1, 0.15) is 25.3 Å². The highest BCUT2D eigenvalue weighted by Crippen LogP contribution is 2.49. The van der Waals surface area contributed by atoms with Gasteiger partial charge in [0.2, 0.25) is 0 Å². The van der Waals surface area contributed by atoms with Gasteiger partial charge in [0.05, 0.1) is 10.7 Å². The smallest absolute Gasteiger partial charge is 0.264 e. The lowest BCUT2D eigenvalue weighted by molar-refractivity contribution is -0.141. The van der Waals surface area contributed by atoms with E-state index in [0.717, 1.165) is 0 Å². The fourth-order valence-corrected chi connectivity index (χ4v) is 3.40. The van der Waals surface area contributed by atoms with Crippen LogP contribution in [0.5, 0.6) is 0 Å². The van der Waals surface area contributed by atoms with Gasteiger partial charge in [-0.25, -0.2) is 0 Å². The minimum absolute atomic E-state index is 0.228. The third-order valence-corrected chi connectivity index (χ3v) is 4.56. The highest BCUT2D eigenvalue weighted by atomic mass is 79.9. The molecular weight excluding hydrogens is 381 g/mol. The molecule has 4 nitrogen and oxygen atoms in total. The average molecular weight is 395 g/mol. The van der Waals surface area contributed by atoms with Crippen LogP contribution in [0.15, 0.2) is 12.1 Å². The van der Waals surface area contributed by atoms with Gasteiger partial charge >= 0.3 is 0 Å². The second-order valence-corrected chi connectivity index (χ2v) is 6.60. The average Bonchev–Trinajstić information content (AvgIpc) is 2.62. The predicted octanol–water partition coefficient (Wildman–Crippen LogP) is 3.29. The van der Waals surface area contributed by atoms with Crippen LogP contribution in [0.3, 0.4) is 0 Å². The molecule has 1 N–H and O–H groups in total. The molecule has 2 rings (SSSR count). The van der Waals surface area contributed by atoms with Crippen molar-refractivity contribution in [2.24, 2.45) is 0 Å². The fraction of sp³-hybridized carbons (Fsp3) is 0.429. The maximum atomic E-state index is 12.6. The Balaban J connectivity index is 2.61. The number of carbonyl (C=O) groups excluding carboxylic acids is 2. The molecule has 0 radical (unpaired) electrons. The number of amides is 1. The van der Waals surface area contributed by atoms with Crippen LogP contribution in [-0.2, 0) is 15.2 Å². The third kappa shape index (κ3) is 2.84. The van der Waals surface area contributed by atoms with Crippen molar-refractivity contribution in [3.8, 4) is 0 Å². The van der Waals surface area contributed by atoms with Gasteiger partial charge in [-0.05, 0) is 25.5 Å². The number of alkyl halides is 1. The Hall–Kier alpha value is -0.620. The first-order valence-electron chi connectivity index (χ1n) is 6.41. The van der Waals surface area contributed by atoms with E-state index in [-0.39, 0.29) is 22.8 Å². The van der Waals surface area contributed by atoms with Crippen LogP contribution in [-0.4, -0.2) is 28.7 Å². The van der Waals surface area contributed by atoms with Gasteiger partial charge < -0.3 is 10.0 Å². The van der Waals surface area contributed by atoms with E-state index in [1.54, 1.807) is 6.07 Å². The lowest BCUT2D eigenvalue weighted by Crippen LogP contribution is -2.42. The second-order valence-electron chi connectivity index (χ2n) is 4.99. The number of hydrogen-bond acceptors (Lipinski definition) is 3. The van der Waals surface area contributed by atoms with Crippen LogP contribution in [0.4, 0.5) is 5.69 Å². The summed E-state index contributed by atoms with van der Waals surface area (Å²) in [6.07, 6.45) is 0.369. The molecule has 0 aromatic heterocycles. The molecule has 1 unspecified atom stereocenters. The number of nitrogens with zero attached hydrogens (tertiary/aromatic N) is 1. The summed E-state index contributed by atoms with van der Waals surface area (Å²) in [5, 5.41) is 12.1. The summed E-state index contributed by atoms with van der Waals surface area (Å²) >= 11 is 15.6. The van der Waals surface area contributed by atoms with E-state index in [4.69, 9.17) is 23.2 Å². The van der Waals surface area contributed by atoms with Crippen molar-refractivity contribution >= 4 is 56.5 Å². The molecule has 114 valence electrons. The molecule has 7 heteroatoms. The summed E-state index contributed by atoms with van der Waals surface area (Å²) < 4.78 is 0. The highest BCUT2D eigenvalue weighted by Gasteiger charge is 2.52. The molecule has 1 aromatic carbocycles. The van der Waals surface area contributed by atoms with E-state index >= 15 is 0 Å². The summed E-state index contributed by atoms with van der Waals surface area (Å²) in [6.45, 7) is 1.71. The first-order valence-corrected chi connectivity index (χ1v) is 8.29. The zero-order valence-corrected chi connectivity index (χ0v) is 14.4. The number of fused-ring (bicyclic) bond motifs is 1. The van der Waals surface area contributed by atoms with E-state index in [1.807, 2.05) is 0 Å². The summed E-state index contributed by atoms with van der Waals surface area (Å²) in [4.78, 5) is 25.5. The van der Waals surface area contributed by atoms with Gasteiger partial charge in [0.15, 0.2) is 5.60 Å². The molecule has 0 bridgehead atoms. The third-order valence-electron chi connectivity index (χ3n) is 3.38. The summed E-state index contributed by atoms with van der Waals surface area (Å²) in [6, 6.07) is 3.10. The standard InChI is InChI=1S/C14H14BrCl2NO3/c1-8(19)7-14(21)11-9(16)3-4-10(17)12(11)18(13(14)20)6-2-5-15/h3-4,21H,2,5-7H2,1H3. The number of ketones is 1. The molecule has 21 heavy (non-hydrogen) atoms. The van der Waals surface area contributed by atoms with E-state index < -0.39 is 11.5 Å². The molecular formula is C14H14BrCl2NO3. The topological polar surface area (TPSA) is 57.6 Å². The first kappa shape index (κ1) is 16.7. The van der Waals surface area contributed by atoms with Crippen LogP contribution in [0.25, 0.3) is 0 Å². The molecule has 1 aliphatic heterocycles. The van der Waals surface area contributed by atoms with Crippen molar-refractivity contribution in [2.45, 2.75) is 25.4 Å². The molecule has 1 aromatic rings. The molecule has 0 spiro atoms. The molecule has 0 saturated heterocycles. The molecule has 1 aliphatic rings. The predicted molar refractivity (Wildman–Crippen MR) is 86.4 cm³/mol. The number of aliphatic hydroxyl groups is 1. The maximum Gasteiger partial charge on any atom is 0.264 e. The monoisotopic (exact) mass is 393 g/mol. The van der Waals surface area contributed by atoms with E-state index in [9.17, 15) is 14.7 Å². The van der Waals surface area contributed by atoms with Crippen molar-refractivity contribution in [2.75, 3.05) is 16.8 Å². The Morgan fingerprint density at radius 3 is 2.57 bits per heavy atom. The minimum atomic E-state index is -1.94. The highest BCUT2D eigenvalue weighted by molar-refractivity contribution is 9.09. The second kappa shape index (κ2) is 6.24. The Morgan fingerprint density at radius 1 is 1.38 bits per heavy atom. The van der Waals surface area contributed by atoms with E-state index in [1.165, 1.54) is 17.9 Å². The summed E-state index contributed by atoms with van der Waals surface area (Å²) in [5.74, 6) is -0.848. The summed E-state index contributed by atoms with van der Waals surface area (Å²) in [5.41, 5.74) is -1.31. The van der Waals surface area contributed by atoms with Crippen molar-refractivity contribution in [1.82, 2.24) is 0 Å². The van der Waals surface area contributed by atoms with Crippen LogP contribution >= 0.6 is 39.1 Å². The zero-order chi connectivity index (χ0) is 15.8. The van der Waals surface area contributed by atoms with Gasteiger partial charge in [-0.15, -0.1) is 0 Å². The normalized spacial score (nSPS) is 20.8. The van der Waals surface area contributed by atoms with Gasteiger partial charge in [-0.3, -0.25) is 9.59 Å². The van der Waals surface area contributed by atoms with Gasteiger partial charge in [0.25, 0.3) is 5.91 Å². The van der Waals surface area contributed by atoms with Gasteiger partial charge in [-0.2, -0.15) is 0 Å². The SMILES string of the molecule is CC(=O)CC1(O)C(=O)N(CCCBr)c2c(Cl)ccc(Cl)c21. The Labute approximate surface area is 141 Å². The Morgan fingerprint density at radius 2 is 2.00 bits per heavy atom. The number of benzene rings is 1. The number of carbonyl (C=O) groups is 2. The Bertz CT molecular complexity index is 608. The number of Topliss-reactive ketones (excluding diaryl/α,β-unsaturated/α-hetero) is 1. The molecule has 1 atom stereocenters. The number of halogens is 3. The van der Waals surface area contributed by atoms with Gasteiger partial charge in [-0.1, -0.05) is 39.1 Å². The largest absolute Gasteiger partial charge is 0.375 e.